The van der Waals surface area contributed by atoms with Crippen LogP contribution in [0.25, 0.3) is 10.8 Å². The third-order valence-electron chi connectivity index (χ3n) is 5.40. The number of hydrogen-bond acceptors (Lipinski definition) is 2. The summed E-state index contributed by atoms with van der Waals surface area (Å²) in [6.45, 7) is 8.23. The Balaban J connectivity index is 2.06. The van der Waals surface area contributed by atoms with Crippen LogP contribution in [0.1, 0.15) is 70.8 Å². The van der Waals surface area contributed by atoms with E-state index in [2.05, 4.69) is 67.0 Å². The highest BCUT2D eigenvalue weighted by Gasteiger charge is 2.12. The molecular formula is C25H37BrO2. The second kappa shape index (κ2) is 13.1. The monoisotopic (exact) mass is 448 g/mol. The first-order chi connectivity index (χ1) is 13.7. The standard InChI is InChI=1S/C25H37BrO2/c1-4-6-11-21(5-2)19-28-24-14-15-25(27-17-10-8-7-9-16-26)23-18-20(3)12-13-22(23)24/h12-15,18,21H,4-11,16-17,19H2,1-3H3. The number of halogens is 1. The van der Waals surface area contributed by atoms with Crippen molar-refractivity contribution in [2.75, 3.05) is 18.5 Å². The van der Waals surface area contributed by atoms with E-state index in [-0.39, 0.29) is 0 Å². The van der Waals surface area contributed by atoms with Crippen LogP contribution in [0, 0.1) is 12.8 Å². The lowest BCUT2D eigenvalue weighted by Crippen LogP contribution is -2.11. The Morgan fingerprint density at radius 1 is 0.857 bits per heavy atom. The molecular weight excluding hydrogens is 412 g/mol. The predicted octanol–water partition coefficient (Wildman–Crippen LogP) is 8.08. The number of fused-ring (bicyclic) bond motifs is 1. The topological polar surface area (TPSA) is 18.5 Å². The quantitative estimate of drug-likeness (QED) is 0.214. The van der Waals surface area contributed by atoms with Gasteiger partial charge in [-0.3, -0.25) is 0 Å². The molecule has 0 amide bonds. The second-order valence-corrected chi connectivity index (χ2v) is 8.58. The van der Waals surface area contributed by atoms with Gasteiger partial charge in [-0.15, -0.1) is 0 Å². The number of alkyl halides is 1. The van der Waals surface area contributed by atoms with Gasteiger partial charge in [0, 0.05) is 16.1 Å². The number of ether oxygens (including phenoxy) is 2. The first-order valence-electron chi connectivity index (χ1n) is 11.0. The fourth-order valence-electron chi connectivity index (χ4n) is 3.50. The predicted molar refractivity (Wildman–Crippen MR) is 125 cm³/mol. The van der Waals surface area contributed by atoms with E-state index in [1.54, 1.807) is 0 Å². The van der Waals surface area contributed by atoms with Crippen molar-refractivity contribution in [3.63, 3.8) is 0 Å². The average Bonchev–Trinajstić information content (AvgIpc) is 2.71. The molecule has 0 radical (unpaired) electrons. The van der Waals surface area contributed by atoms with Gasteiger partial charge < -0.3 is 9.47 Å². The van der Waals surface area contributed by atoms with Crippen molar-refractivity contribution < 1.29 is 9.47 Å². The van der Waals surface area contributed by atoms with E-state index in [9.17, 15) is 0 Å². The lowest BCUT2D eigenvalue weighted by Gasteiger charge is -2.18. The Bertz CT molecular complexity index is 698. The molecule has 0 aliphatic rings. The zero-order valence-corrected chi connectivity index (χ0v) is 19.5. The van der Waals surface area contributed by atoms with Gasteiger partial charge in [0.2, 0.25) is 0 Å². The molecule has 0 aliphatic carbocycles. The molecule has 0 heterocycles. The molecule has 2 rings (SSSR count). The van der Waals surface area contributed by atoms with Gasteiger partial charge in [0.15, 0.2) is 0 Å². The zero-order chi connectivity index (χ0) is 20.2. The van der Waals surface area contributed by atoms with Gasteiger partial charge in [-0.2, -0.15) is 0 Å². The van der Waals surface area contributed by atoms with Crippen molar-refractivity contribution in [3.8, 4) is 11.5 Å². The maximum Gasteiger partial charge on any atom is 0.127 e. The maximum absolute atomic E-state index is 6.27. The third-order valence-corrected chi connectivity index (χ3v) is 5.96. The Hall–Kier alpha value is -1.22. The zero-order valence-electron chi connectivity index (χ0n) is 17.9. The van der Waals surface area contributed by atoms with Crippen LogP contribution < -0.4 is 9.47 Å². The molecule has 28 heavy (non-hydrogen) atoms. The summed E-state index contributed by atoms with van der Waals surface area (Å²) in [7, 11) is 0. The molecule has 0 bridgehead atoms. The van der Waals surface area contributed by atoms with E-state index < -0.39 is 0 Å². The highest BCUT2D eigenvalue weighted by molar-refractivity contribution is 9.09. The molecule has 1 unspecified atom stereocenters. The average molecular weight is 449 g/mol. The first-order valence-corrected chi connectivity index (χ1v) is 12.2. The van der Waals surface area contributed by atoms with Crippen molar-refractivity contribution >= 4 is 26.7 Å². The molecule has 3 heteroatoms. The molecule has 2 aromatic carbocycles. The second-order valence-electron chi connectivity index (χ2n) is 7.79. The molecule has 0 saturated carbocycles. The summed E-state index contributed by atoms with van der Waals surface area (Å²) in [5.41, 5.74) is 1.25. The van der Waals surface area contributed by atoms with Crippen molar-refractivity contribution in [2.45, 2.75) is 72.1 Å². The van der Waals surface area contributed by atoms with Gasteiger partial charge in [-0.25, -0.2) is 0 Å². The molecule has 0 saturated heterocycles. The normalized spacial score (nSPS) is 12.3. The molecule has 0 fully saturated rings. The molecule has 0 spiro atoms. The number of unbranched alkanes of at least 4 members (excludes halogenated alkanes) is 4. The number of hydrogen-bond donors (Lipinski definition) is 0. The van der Waals surface area contributed by atoms with Crippen LogP contribution in [-0.2, 0) is 0 Å². The van der Waals surface area contributed by atoms with Gasteiger partial charge in [0.25, 0.3) is 0 Å². The molecule has 0 N–H and O–H groups in total. The van der Waals surface area contributed by atoms with Crippen LogP contribution in [0.2, 0.25) is 0 Å². The van der Waals surface area contributed by atoms with Gasteiger partial charge in [0.05, 0.1) is 13.2 Å². The van der Waals surface area contributed by atoms with Gasteiger partial charge in [-0.1, -0.05) is 79.6 Å². The summed E-state index contributed by atoms with van der Waals surface area (Å²) in [6.07, 6.45) is 9.79. The highest BCUT2D eigenvalue weighted by Crippen LogP contribution is 2.34. The van der Waals surface area contributed by atoms with Gasteiger partial charge in [-0.05, 0) is 50.3 Å². The minimum absolute atomic E-state index is 0.635. The minimum atomic E-state index is 0.635. The molecule has 1 atom stereocenters. The van der Waals surface area contributed by atoms with Crippen molar-refractivity contribution in [1.29, 1.82) is 0 Å². The molecule has 2 aromatic rings. The van der Waals surface area contributed by atoms with Crippen LogP contribution in [0.5, 0.6) is 11.5 Å². The summed E-state index contributed by atoms with van der Waals surface area (Å²) in [6, 6.07) is 10.7. The van der Waals surface area contributed by atoms with Crippen LogP contribution >= 0.6 is 15.9 Å². The van der Waals surface area contributed by atoms with Crippen molar-refractivity contribution in [1.82, 2.24) is 0 Å². The Morgan fingerprint density at radius 3 is 2.32 bits per heavy atom. The minimum Gasteiger partial charge on any atom is -0.493 e. The fourth-order valence-corrected chi connectivity index (χ4v) is 3.89. The van der Waals surface area contributed by atoms with Crippen LogP contribution in [-0.4, -0.2) is 18.5 Å². The number of rotatable bonds is 14. The van der Waals surface area contributed by atoms with Gasteiger partial charge in [0.1, 0.15) is 11.5 Å². The summed E-state index contributed by atoms with van der Waals surface area (Å²) < 4.78 is 12.4. The smallest absolute Gasteiger partial charge is 0.127 e. The summed E-state index contributed by atoms with van der Waals surface area (Å²) >= 11 is 3.49. The molecule has 0 aliphatic heterocycles. The van der Waals surface area contributed by atoms with E-state index >= 15 is 0 Å². The summed E-state index contributed by atoms with van der Waals surface area (Å²) in [5, 5.41) is 3.42. The number of aryl methyl sites for hydroxylation is 1. The van der Waals surface area contributed by atoms with Crippen LogP contribution in [0.4, 0.5) is 0 Å². The summed E-state index contributed by atoms with van der Waals surface area (Å²) in [4.78, 5) is 0. The third kappa shape index (κ3) is 7.31. The fraction of sp³-hybridized carbons (Fsp3) is 0.600. The Morgan fingerprint density at radius 2 is 1.61 bits per heavy atom. The molecule has 2 nitrogen and oxygen atoms in total. The van der Waals surface area contributed by atoms with E-state index in [0.717, 1.165) is 41.8 Å². The maximum atomic E-state index is 6.27. The van der Waals surface area contributed by atoms with Crippen molar-refractivity contribution in [2.24, 2.45) is 5.92 Å². The Kier molecular flexibility index (Phi) is 10.8. The van der Waals surface area contributed by atoms with Crippen molar-refractivity contribution in [3.05, 3.63) is 35.9 Å². The number of benzene rings is 2. The molecule has 156 valence electrons. The highest BCUT2D eigenvalue weighted by atomic mass is 79.9. The molecule has 0 aromatic heterocycles. The van der Waals surface area contributed by atoms with E-state index in [1.807, 2.05) is 0 Å². The lowest BCUT2D eigenvalue weighted by atomic mass is 10.0. The van der Waals surface area contributed by atoms with Crippen LogP contribution in [0.3, 0.4) is 0 Å². The van der Waals surface area contributed by atoms with E-state index in [1.165, 1.54) is 55.9 Å². The first kappa shape index (κ1) is 23.1. The van der Waals surface area contributed by atoms with E-state index in [4.69, 9.17) is 9.47 Å². The van der Waals surface area contributed by atoms with E-state index in [0.29, 0.717) is 5.92 Å². The lowest BCUT2D eigenvalue weighted by molar-refractivity contribution is 0.235. The summed E-state index contributed by atoms with van der Waals surface area (Å²) in [5.74, 6) is 2.59. The van der Waals surface area contributed by atoms with Crippen LogP contribution in [0.15, 0.2) is 30.3 Å². The largest absolute Gasteiger partial charge is 0.493 e. The SMILES string of the molecule is CCCCC(CC)COc1ccc(OCCCCCCBr)c2cc(C)ccc12. The van der Waals surface area contributed by atoms with Gasteiger partial charge >= 0.3 is 0 Å². The Labute approximate surface area is 180 Å².